The number of hydrogen-bond donors (Lipinski definition) is 3. The van der Waals surface area contributed by atoms with Gasteiger partial charge in [0, 0.05) is 12.8 Å². The van der Waals surface area contributed by atoms with Gasteiger partial charge in [-0.15, -0.1) is 0 Å². The first-order valence-electron chi connectivity index (χ1n) is 38.1. The van der Waals surface area contributed by atoms with Crippen LogP contribution >= 0.6 is 0 Å². The lowest BCUT2D eigenvalue weighted by molar-refractivity contribution is -0.143. The molecule has 3 N–H and O–H groups in total. The first-order chi connectivity index (χ1) is 41.0. The number of carbonyl (C=O) groups is 2. The Morgan fingerprint density at radius 1 is 0.325 bits per heavy atom. The average Bonchev–Trinajstić information content (AvgIpc) is 3.49. The molecule has 6 nitrogen and oxygen atoms in total. The van der Waals surface area contributed by atoms with Gasteiger partial charge in [-0.3, -0.25) is 9.59 Å². The minimum atomic E-state index is -0.844. The second-order valence-electron chi connectivity index (χ2n) is 26.3. The second-order valence-corrected chi connectivity index (χ2v) is 26.3. The van der Waals surface area contributed by atoms with E-state index in [2.05, 4.69) is 31.3 Å². The molecule has 0 bridgehead atoms. The van der Waals surface area contributed by atoms with Crippen LogP contribution < -0.4 is 5.32 Å². The van der Waals surface area contributed by atoms with Crippen molar-refractivity contribution in [3.8, 4) is 0 Å². The second kappa shape index (κ2) is 72.8. The predicted molar refractivity (Wildman–Crippen MR) is 366 cm³/mol. The predicted octanol–water partition coefficient (Wildman–Crippen LogP) is 24.9. The van der Waals surface area contributed by atoms with Gasteiger partial charge in [0.15, 0.2) is 0 Å². The molecule has 492 valence electrons. The van der Waals surface area contributed by atoms with E-state index in [9.17, 15) is 19.8 Å². The molecule has 0 aromatic carbocycles. The summed E-state index contributed by atoms with van der Waals surface area (Å²) in [6.07, 6.45) is 92.9. The highest BCUT2D eigenvalue weighted by Gasteiger charge is 2.18. The Hall–Kier alpha value is -1.66. The molecule has 0 rings (SSSR count). The Balaban J connectivity index is 3.38. The summed E-state index contributed by atoms with van der Waals surface area (Å²) in [5.41, 5.74) is 0. The molecule has 0 aliphatic rings. The molecule has 1 amide bonds. The number of rotatable bonds is 72. The van der Waals surface area contributed by atoms with Crippen LogP contribution in [0.3, 0.4) is 0 Å². The van der Waals surface area contributed by atoms with Crippen LogP contribution in [0.4, 0.5) is 0 Å². The molecule has 6 heteroatoms. The van der Waals surface area contributed by atoms with E-state index in [1.165, 1.54) is 366 Å². The third-order valence-corrected chi connectivity index (χ3v) is 18.0. The quantitative estimate of drug-likeness (QED) is 0.0320. The molecule has 2 atom stereocenters. The zero-order valence-corrected chi connectivity index (χ0v) is 56.5. The summed E-state index contributed by atoms with van der Waals surface area (Å²) in [5.74, 6) is -0.0411. The van der Waals surface area contributed by atoms with Gasteiger partial charge in [-0.2, -0.15) is 0 Å². The summed E-state index contributed by atoms with van der Waals surface area (Å²) < 4.78 is 5.49. The Labute approximate surface area is 520 Å². The minimum Gasteiger partial charge on any atom is -0.466 e. The molecule has 0 saturated carbocycles. The summed E-state index contributed by atoms with van der Waals surface area (Å²) in [7, 11) is 0. The highest BCUT2D eigenvalue weighted by molar-refractivity contribution is 5.76. The molecule has 0 saturated heterocycles. The molecule has 0 heterocycles. The van der Waals surface area contributed by atoms with Crippen LogP contribution in [0.5, 0.6) is 0 Å². The van der Waals surface area contributed by atoms with Gasteiger partial charge in [-0.25, -0.2) is 0 Å². The Morgan fingerprint density at radius 2 is 0.566 bits per heavy atom. The minimum absolute atomic E-state index is 0.0194. The van der Waals surface area contributed by atoms with Crippen molar-refractivity contribution < 1.29 is 24.5 Å². The van der Waals surface area contributed by atoms with Gasteiger partial charge in [0.2, 0.25) is 5.91 Å². The van der Waals surface area contributed by atoms with Gasteiger partial charge in [0.1, 0.15) is 0 Å². The zero-order chi connectivity index (χ0) is 59.9. The molecular weight excluding hydrogens is 1020 g/mol. The fourth-order valence-corrected chi connectivity index (χ4v) is 12.2. The molecule has 83 heavy (non-hydrogen) atoms. The number of ether oxygens (including phenoxy) is 1. The van der Waals surface area contributed by atoms with Crippen molar-refractivity contribution in [2.24, 2.45) is 0 Å². The number of carbonyl (C=O) groups excluding carboxylic acids is 2. The van der Waals surface area contributed by atoms with Crippen molar-refractivity contribution in [1.82, 2.24) is 5.32 Å². The fraction of sp³-hybridized carbons (Fsp3) is 0.922. The molecule has 0 aromatic heterocycles. The lowest BCUT2D eigenvalue weighted by Crippen LogP contribution is -2.45. The van der Waals surface area contributed by atoms with E-state index in [1.807, 2.05) is 6.08 Å². The maximum absolute atomic E-state index is 12.5. The first-order valence-corrected chi connectivity index (χ1v) is 38.1. The molecular formula is C77H149NO5. The summed E-state index contributed by atoms with van der Waals surface area (Å²) >= 11 is 0. The summed E-state index contributed by atoms with van der Waals surface area (Å²) in [4.78, 5) is 24.6. The third-order valence-electron chi connectivity index (χ3n) is 18.0. The smallest absolute Gasteiger partial charge is 0.305 e. The van der Waals surface area contributed by atoms with Gasteiger partial charge in [0.05, 0.1) is 25.4 Å². The maximum Gasteiger partial charge on any atom is 0.305 e. The molecule has 0 aliphatic carbocycles. The highest BCUT2D eigenvalue weighted by atomic mass is 16.5. The molecule has 0 aromatic rings. The van der Waals surface area contributed by atoms with Gasteiger partial charge in [-0.1, -0.05) is 385 Å². The lowest BCUT2D eigenvalue weighted by atomic mass is 10.0. The standard InChI is InChI=1S/C77H149NO5/c1-3-5-7-9-11-13-15-17-18-19-20-21-34-37-40-43-46-49-53-57-61-65-69-75(80)74(73-79)78-76(81)70-66-62-58-54-50-47-44-41-38-35-32-30-28-26-24-22-23-25-27-29-31-33-36-39-42-45-48-52-56-60-64-68-72-83-77(82)71-67-63-59-55-51-16-14-12-10-8-6-4-2/h25,27,65,69,74-75,79-80H,3-24,26,28-64,66-68,70-73H2,1-2H3,(H,78,81)/b27-25-,69-65+. The summed E-state index contributed by atoms with van der Waals surface area (Å²) in [6, 6.07) is -0.627. The van der Waals surface area contributed by atoms with Crippen molar-refractivity contribution >= 4 is 11.9 Å². The summed E-state index contributed by atoms with van der Waals surface area (Å²) in [6.45, 7) is 4.95. The summed E-state index contributed by atoms with van der Waals surface area (Å²) in [5, 5.41) is 23.3. The zero-order valence-electron chi connectivity index (χ0n) is 56.5. The molecule has 0 aliphatic heterocycles. The number of hydrogen-bond acceptors (Lipinski definition) is 5. The van der Waals surface area contributed by atoms with E-state index in [4.69, 9.17) is 4.74 Å². The topological polar surface area (TPSA) is 95.9 Å². The van der Waals surface area contributed by atoms with Crippen molar-refractivity contribution in [1.29, 1.82) is 0 Å². The monoisotopic (exact) mass is 1170 g/mol. The normalized spacial score (nSPS) is 12.6. The van der Waals surface area contributed by atoms with Crippen LogP contribution in [0.25, 0.3) is 0 Å². The number of nitrogens with one attached hydrogen (secondary N) is 1. The fourth-order valence-electron chi connectivity index (χ4n) is 12.2. The number of amides is 1. The van der Waals surface area contributed by atoms with E-state index in [-0.39, 0.29) is 18.5 Å². The van der Waals surface area contributed by atoms with Crippen LogP contribution in [0.1, 0.15) is 431 Å². The van der Waals surface area contributed by atoms with Gasteiger partial charge >= 0.3 is 5.97 Å². The number of esters is 1. The van der Waals surface area contributed by atoms with Gasteiger partial charge < -0.3 is 20.3 Å². The van der Waals surface area contributed by atoms with Crippen LogP contribution in [0, 0.1) is 0 Å². The van der Waals surface area contributed by atoms with Crippen molar-refractivity contribution in [2.45, 2.75) is 443 Å². The highest BCUT2D eigenvalue weighted by Crippen LogP contribution is 2.19. The van der Waals surface area contributed by atoms with Crippen molar-refractivity contribution in [2.75, 3.05) is 13.2 Å². The van der Waals surface area contributed by atoms with E-state index in [0.717, 1.165) is 38.5 Å². The van der Waals surface area contributed by atoms with Crippen LogP contribution in [-0.4, -0.2) is 47.4 Å². The van der Waals surface area contributed by atoms with E-state index < -0.39 is 12.1 Å². The number of unbranched alkanes of at least 4 members (excludes halogenated alkanes) is 59. The Kier molecular flexibility index (Phi) is 71.4. The van der Waals surface area contributed by atoms with Gasteiger partial charge in [-0.05, 0) is 57.8 Å². The Bertz CT molecular complexity index is 1300. The van der Waals surface area contributed by atoms with Crippen LogP contribution in [0.15, 0.2) is 24.3 Å². The lowest BCUT2D eigenvalue weighted by Gasteiger charge is -2.20. The van der Waals surface area contributed by atoms with Gasteiger partial charge in [0.25, 0.3) is 0 Å². The Morgan fingerprint density at radius 3 is 0.855 bits per heavy atom. The van der Waals surface area contributed by atoms with E-state index in [0.29, 0.717) is 19.4 Å². The molecule has 0 fully saturated rings. The van der Waals surface area contributed by atoms with Crippen LogP contribution in [-0.2, 0) is 14.3 Å². The third kappa shape index (κ3) is 69.3. The number of allylic oxidation sites excluding steroid dienone is 3. The van der Waals surface area contributed by atoms with Crippen molar-refractivity contribution in [3.63, 3.8) is 0 Å². The largest absolute Gasteiger partial charge is 0.466 e. The maximum atomic E-state index is 12.5. The molecule has 0 radical (unpaired) electrons. The first kappa shape index (κ1) is 81.3. The van der Waals surface area contributed by atoms with E-state index >= 15 is 0 Å². The number of aliphatic hydroxyl groups excluding tert-OH is 2. The van der Waals surface area contributed by atoms with E-state index in [1.54, 1.807) is 6.08 Å². The SMILES string of the molecule is CCCCCCCCCCCCCCCCCCCCCC/C=C/C(O)C(CO)NC(=O)CCCCCCCCCCCCCCCCCC/C=C\CCCCCCCCCCCCCCOC(=O)CCCCCCCCCCCCCC. The van der Waals surface area contributed by atoms with Crippen LogP contribution in [0.2, 0.25) is 0 Å². The average molecular weight is 1170 g/mol. The molecule has 0 spiro atoms. The number of aliphatic hydroxyl groups is 2. The van der Waals surface area contributed by atoms with Crippen molar-refractivity contribution in [3.05, 3.63) is 24.3 Å². The molecule has 2 unspecified atom stereocenters.